The van der Waals surface area contributed by atoms with Crippen molar-refractivity contribution in [3.63, 3.8) is 0 Å². The zero-order valence-electron chi connectivity index (χ0n) is 17.4. The molecule has 1 N–H and O–H groups in total. The van der Waals surface area contributed by atoms with Gasteiger partial charge in [-0.05, 0) is 32.6 Å². The van der Waals surface area contributed by atoms with E-state index in [9.17, 15) is 19.2 Å². The Morgan fingerprint density at radius 1 is 1.03 bits per heavy atom. The molecule has 0 saturated carbocycles. The number of anilines is 1. The van der Waals surface area contributed by atoms with Crippen molar-refractivity contribution >= 4 is 29.3 Å². The molecule has 3 heterocycles. The van der Waals surface area contributed by atoms with E-state index >= 15 is 0 Å². The molecular weight excluding hydrogens is 386 g/mol. The fourth-order valence-corrected chi connectivity index (χ4v) is 4.31. The molecule has 2 saturated heterocycles. The lowest BCUT2D eigenvalue weighted by Crippen LogP contribution is -2.54. The van der Waals surface area contributed by atoms with E-state index in [2.05, 4.69) is 34.1 Å². The molecule has 2 fully saturated rings. The Balaban J connectivity index is 1.53. The third-order valence-corrected chi connectivity index (χ3v) is 6.02. The van der Waals surface area contributed by atoms with E-state index in [0.717, 1.165) is 49.9 Å². The predicted octanol–water partition coefficient (Wildman–Crippen LogP) is -0.229. The highest BCUT2D eigenvalue weighted by Crippen LogP contribution is 2.34. The van der Waals surface area contributed by atoms with Crippen molar-refractivity contribution in [2.24, 2.45) is 0 Å². The third-order valence-electron chi connectivity index (χ3n) is 6.02. The number of imide groups is 2. The highest BCUT2D eigenvalue weighted by atomic mass is 16.2. The summed E-state index contributed by atoms with van der Waals surface area (Å²) >= 11 is 0. The number of amides is 4. The molecule has 1 unspecified atom stereocenters. The van der Waals surface area contributed by atoms with Gasteiger partial charge in [-0.3, -0.25) is 34.3 Å². The van der Waals surface area contributed by atoms with Crippen LogP contribution < -0.4 is 10.2 Å². The Bertz CT molecular complexity index is 891. The molecule has 0 aromatic heterocycles. The van der Waals surface area contributed by atoms with Crippen LogP contribution in [0.2, 0.25) is 0 Å². The Labute approximate surface area is 175 Å². The van der Waals surface area contributed by atoms with Crippen molar-refractivity contribution in [3.05, 3.63) is 29.3 Å². The molecule has 9 nitrogen and oxygen atoms in total. The number of nitrogens with one attached hydrogen (secondary N) is 1. The minimum atomic E-state index is -0.939. The van der Waals surface area contributed by atoms with Gasteiger partial charge in [-0.25, -0.2) is 0 Å². The van der Waals surface area contributed by atoms with Crippen LogP contribution in [0.15, 0.2) is 18.2 Å². The number of nitrogens with zero attached hydrogens (tertiary/aromatic N) is 4. The zero-order chi connectivity index (χ0) is 21.4. The molecule has 4 rings (SSSR count). The summed E-state index contributed by atoms with van der Waals surface area (Å²) in [5.41, 5.74) is 1.44. The van der Waals surface area contributed by atoms with E-state index in [4.69, 9.17) is 0 Å². The molecule has 1 aromatic carbocycles. The van der Waals surface area contributed by atoms with Gasteiger partial charge in [0.15, 0.2) is 0 Å². The first-order chi connectivity index (χ1) is 14.4. The van der Waals surface area contributed by atoms with Gasteiger partial charge < -0.3 is 9.80 Å². The van der Waals surface area contributed by atoms with Gasteiger partial charge in [0.1, 0.15) is 6.04 Å². The first-order valence-electron chi connectivity index (χ1n) is 10.3. The molecule has 1 aromatic rings. The number of carbonyl (C=O) groups is 4. The zero-order valence-corrected chi connectivity index (χ0v) is 17.4. The van der Waals surface area contributed by atoms with Gasteiger partial charge in [0.05, 0.1) is 16.8 Å². The molecule has 4 amide bonds. The molecule has 160 valence electrons. The van der Waals surface area contributed by atoms with Gasteiger partial charge in [0.25, 0.3) is 11.8 Å². The number of piperazine rings is 1. The van der Waals surface area contributed by atoms with Crippen molar-refractivity contribution in [1.29, 1.82) is 0 Å². The van der Waals surface area contributed by atoms with E-state index in [1.807, 2.05) is 6.07 Å². The standard InChI is InChI=1S/C21H27N5O4/c1-23(2)8-9-24-10-12-25(13-11-24)15-5-3-4-14-18(15)21(30)26(20(14)29)16-6-7-17(27)22-19(16)28/h3-5,16H,6-13H2,1-2H3,(H,22,27,28). The predicted molar refractivity (Wildman–Crippen MR) is 110 cm³/mol. The molecule has 3 aliphatic heterocycles. The van der Waals surface area contributed by atoms with Crippen LogP contribution in [0.3, 0.4) is 0 Å². The van der Waals surface area contributed by atoms with Gasteiger partial charge >= 0.3 is 0 Å². The van der Waals surface area contributed by atoms with Crippen LogP contribution in [0.5, 0.6) is 0 Å². The van der Waals surface area contributed by atoms with E-state index in [0.29, 0.717) is 11.1 Å². The maximum Gasteiger partial charge on any atom is 0.264 e. The Morgan fingerprint density at radius 3 is 2.43 bits per heavy atom. The number of rotatable bonds is 5. The number of carbonyl (C=O) groups excluding carboxylic acids is 4. The fourth-order valence-electron chi connectivity index (χ4n) is 4.31. The summed E-state index contributed by atoms with van der Waals surface area (Å²) in [7, 11) is 4.11. The van der Waals surface area contributed by atoms with Crippen molar-refractivity contribution in [1.82, 2.24) is 20.0 Å². The summed E-state index contributed by atoms with van der Waals surface area (Å²) in [6, 6.07) is 4.35. The van der Waals surface area contributed by atoms with Crippen LogP contribution in [0.25, 0.3) is 0 Å². The van der Waals surface area contributed by atoms with Crippen LogP contribution in [0.1, 0.15) is 33.6 Å². The second-order valence-electron chi connectivity index (χ2n) is 8.28. The van der Waals surface area contributed by atoms with Crippen LogP contribution in [0.4, 0.5) is 5.69 Å². The lowest BCUT2D eigenvalue weighted by Gasteiger charge is -2.37. The largest absolute Gasteiger partial charge is 0.368 e. The van der Waals surface area contributed by atoms with Crippen molar-refractivity contribution < 1.29 is 19.2 Å². The lowest BCUT2D eigenvalue weighted by molar-refractivity contribution is -0.136. The maximum atomic E-state index is 13.2. The Hall–Kier alpha value is -2.78. The highest BCUT2D eigenvalue weighted by Gasteiger charge is 2.46. The molecule has 1 atom stereocenters. The highest BCUT2D eigenvalue weighted by molar-refractivity contribution is 6.25. The third kappa shape index (κ3) is 3.70. The van der Waals surface area contributed by atoms with Gasteiger partial charge in [-0.2, -0.15) is 0 Å². The SMILES string of the molecule is CN(C)CCN1CCN(c2cccc3c2C(=O)N(C2CCC(=O)NC2=O)C3=O)CC1. The number of piperidine rings is 1. The first-order valence-corrected chi connectivity index (χ1v) is 10.3. The summed E-state index contributed by atoms with van der Waals surface area (Å²) in [5.74, 6) is -1.87. The number of hydrogen-bond donors (Lipinski definition) is 1. The quantitative estimate of drug-likeness (QED) is 0.667. The fraction of sp³-hybridized carbons (Fsp3) is 0.524. The number of likely N-dealkylation sites (N-methyl/N-ethyl adjacent to an activating group) is 1. The molecular formula is C21H27N5O4. The Kier molecular flexibility index (Phi) is 5.57. The summed E-state index contributed by atoms with van der Waals surface area (Å²) in [5, 5.41) is 2.23. The first kappa shape index (κ1) is 20.5. The van der Waals surface area contributed by atoms with E-state index in [-0.39, 0.29) is 18.7 Å². The molecule has 3 aliphatic rings. The normalized spacial score (nSPS) is 22.7. The van der Waals surface area contributed by atoms with E-state index in [1.54, 1.807) is 12.1 Å². The second-order valence-corrected chi connectivity index (χ2v) is 8.28. The second kappa shape index (κ2) is 8.16. The summed E-state index contributed by atoms with van der Waals surface area (Å²) in [6.07, 6.45) is 0.279. The number of hydrogen-bond acceptors (Lipinski definition) is 7. The summed E-state index contributed by atoms with van der Waals surface area (Å²) < 4.78 is 0. The molecule has 0 aliphatic carbocycles. The monoisotopic (exact) mass is 413 g/mol. The maximum absolute atomic E-state index is 13.2. The number of fused-ring (bicyclic) bond motifs is 1. The number of benzene rings is 1. The average Bonchev–Trinajstić information content (AvgIpc) is 2.98. The minimum absolute atomic E-state index is 0.117. The summed E-state index contributed by atoms with van der Waals surface area (Å²) in [4.78, 5) is 57.7. The average molecular weight is 413 g/mol. The van der Waals surface area contributed by atoms with Gasteiger partial charge in [-0.15, -0.1) is 0 Å². The van der Waals surface area contributed by atoms with Gasteiger partial charge in [0.2, 0.25) is 11.8 Å². The molecule has 30 heavy (non-hydrogen) atoms. The van der Waals surface area contributed by atoms with Crippen molar-refractivity contribution in [2.45, 2.75) is 18.9 Å². The van der Waals surface area contributed by atoms with Crippen LogP contribution in [0, 0.1) is 0 Å². The van der Waals surface area contributed by atoms with Gasteiger partial charge in [-0.1, -0.05) is 6.07 Å². The van der Waals surface area contributed by atoms with E-state index < -0.39 is 23.8 Å². The molecule has 0 radical (unpaired) electrons. The van der Waals surface area contributed by atoms with Crippen LogP contribution in [-0.4, -0.2) is 97.7 Å². The molecule has 0 bridgehead atoms. The van der Waals surface area contributed by atoms with Gasteiger partial charge in [0, 0.05) is 45.7 Å². The molecule has 9 heteroatoms. The topological polar surface area (TPSA) is 93.3 Å². The van der Waals surface area contributed by atoms with Crippen LogP contribution in [-0.2, 0) is 9.59 Å². The minimum Gasteiger partial charge on any atom is -0.368 e. The van der Waals surface area contributed by atoms with Crippen molar-refractivity contribution in [2.75, 3.05) is 58.3 Å². The summed E-state index contributed by atoms with van der Waals surface area (Å²) in [6.45, 7) is 5.30. The van der Waals surface area contributed by atoms with Crippen LogP contribution >= 0.6 is 0 Å². The molecule has 0 spiro atoms. The Morgan fingerprint density at radius 2 is 1.77 bits per heavy atom. The smallest absolute Gasteiger partial charge is 0.264 e. The lowest BCUT2D eigenvalue weighted by atomic mass is 10.0. The van der Waals surface area contributed by atoms with Crippen molar-refractivity contribution in [3.8, 4) is 0 Å². The van der Waals surface area contributed by atoms with E-state index in [1.165, 1.54) is 0 Å².